The number of carbonyl (C=O) groups excluding carboxylic acids is 1. The van der Waals surface area contributed by atoms with Crippen molar-refractivity contribution in [2.24, 2.45) is 5.41 Å². The van der Waals surface area contributed by atoms with E-state index in [1.54, 1.807) is 4.57 Å². The molecule has 3 aromatic rings. The van der Waals surface area contributed by atoms with Crippen molar-refractivity contribution in [3.8, 4) is 0 Å². The molecule has 5 nitrogen and oxygen atoms in total. The van der Waals surface area contributed by atoms with Gasteiger partial charge in [0.25, 0.3) is 5.56 Å². The zero-order valence-electron chi connectivity index (χ0n) is 16.7. The van der Waals surface area contributed by atoms with Crippen LogP contribution >= 0.6 is 34.5 Å². The predicted molar refractivity (Wildman–Crippen MR) is 120 cm³/mol. The molecule has 0 unspecified atom stereocenters. The molecular weight excluding hydrogens is 426 g/mol. The fraction of sp³-hybridized carbons (Fsp3) is 0.333. The number of rotatable bonds is 5. The topological polar surface area (TPSA) is 64.8 Å². The molecule has 0 N–H and O–H groups in total. The van der Waals surface area contributed by atoms with E-state index < -0.39 is 5.41 Å². The highest BCUT2D eigenvalue weighted by atomic mass is 35.5. The van der Waals surface area contributed by atoms with Crippen molar-refractivity contribution in [1.82, 2.24) is 14.2 Å². The molecule has 0 amide bonds. The first kappa shape index (κ1) is 21.6. The van der Waals surface area contributed by atoms with Crippen molar-refractivity contribution in [2.75, 3.05) is 0 Å². The largest absolute Gasteiger partial charge is 0.294 e. The maximum absolute atomic E-state index is 13.1. The first-order valence-corrected chi connectivity index (χ1v) is 11.2. The SMILES string of the molecule is CCc1ccc(/C=c2\s/c(=C\C(=O)C(C)(C)C)n(Cc3nnsc3Cl)c2=O)cc1. The van der Waals surface area contributed by atoms with Gasteiger partial charge in [-0.1, -0.05) is 68.0 Å². The second-order valence-corrected chi connectivity index (χ2v) is 10.1. The Morgan fingerprint density at radius 1 is 1.24 bits per heavy atom. The molecule has 3 rings (SSSR count). The van der Waals surface area contributed by atoms with E-state index in [0.717, 1.165) is 23.5 Å². The number of carbonyl (C=O) groups is 1. The minimum absolute atomic E-state index is 0.0474. The van der Waals surface area contributed by atoms with Gasteiger partial charge >= 0.3 is 0 Å². The van der Waals surface area contributed by atoms with Gasteiger partial charge in [-0.2, -0.15) is 0 Å². The smallest absolute Gasteiger partial charge is 0.269 e. The van der Waals surface area contributed by atoms with Crippen molar-refractivity contribution in [3.05, 3.63) is 65.0 Å². The summed E-state index contributed by atoms with van der Waals surface area (Å²) in [5.41, 5.74) is 1.99. The van der Waals surface area contributed by atoms with Gasteiger partial charge in [-0.3, -0.25) is 14.2 Å². The van der Waals surface area contributed by atoms with Gasteiger partial charge in [0.15, 0.2) is 5.78 Å². The predicted octanol–water partition coefficient (Wildman–Crippen LogP) is 3.25. The third-order valence-electron chi connectivity index (χ3n) is 4.43. The minimum Gasteiger partial charge on any atom is -0.294 e. The average molecular weight is 448 g/mol. The van der Waals surface area contributed by atoms with E-state index in [-0.39, 0.29) is 17.9 Å². The normalized spacial score (nSPS) is 13.3. The molecule has 2 heterocycles. The summed E-state index contributed by atoms with van der Waals surface area (Å²) in [6, 6.07) is 8.09. The number of ketones is 1. The average Bonchev–Trinajstić information content (AvgIpc) is 3.20. The molecule has 0 saturated heterocycles. The number of nitrogens with zero attached hydrogens (tertiary/aromatic N) is 3. The Labute approximate surface area is 182 Å². The summed E-state index contributed by atoms with van der Waals surface area (Å²) in [7, 11) is 0. The summed E-state index contributed by atoms with van der Waals surface area (Å²) >= 11 is 8.50. The first-order chi connectivity index (χ1) is 13.7. The van der Waals surface area contributed by atoms with Crippen molar-refractivity contribution >= 4 is 52.4 Å². The molecule has 8 heteroatoms. The van der Waals surface area contributed by atoms with Crippen LogP contribution in [0, 0.1) is 5.41 Å². The summed E-state index contributed by atoms with van der Waals surface area (Å²) in [6.07, 6.45) is 4.35. The number of halogens is 1. The summed E-state index contributed by atoms with van der Waals surface area (Å²) in [5, 5.41) is 4.01. The van der Waals surface area contributed by atoms with Gasteiger partial charge in [0.05, 0.1) is 11.1 Å². The highest BCUT2D eigenvalue weighted by Crippen LogP contribution is 2.18. The van der Waals surface area contributed by atoms with Gasteiger partial charge in [-0.15, -0.1) is 16.4 Å². The Morgan fingerprint density at radius 3 is 2.48 bits per heavy atom. The maximum Gasteiger partial charge on any atom is 0.269 e. The quantitative estimate of drug-likeness (QED) is 0.602. The maximum atomic E-state index is 13.1. The molecule has 0 fully saturated rings. The van der Waals surface area contributed by atoms with E-state index in [2.05, 4.69) is 28.6 Å². The van der Waals surface area contributed by atoms with E-state index in [9.17, 15) is 9.59 Å². The monoisotopic (exact) mass is 447 g/mol. The number of thiazole rings is 1. The highest BCUT2D eigenvalue weighted by Gasteiger charge is 2.20. The van der Waals surface area contributed by atoms with Crippen molar-refractivity contribution in [1.29, 1.82) is 0 Å². The molecule has 0 aliphatic carbocycles. The van der Waals surface area contributed by atoms with Crippen LogP contribution in [0.15, 0.2) is 29.1 Å². The molecule has 29 heavy (non-hydrogen) atoms. The number of aryl methyl sites for hydroxylation is 1. The molecule has 152 valence electrons. The molecule has 0 spiro atoms. The number of hydrogen-bond donors (Lipinski definition) is 0. The van der Waals surface area contributed by atoms with Crippen LogP contribution in [0.5, 0.6) is 0 Å². The van der Waals surface area contributed by atoms with Crippen LogP contribution < -0.4 is 14.8 Å². The second-order valence-electron chi connectivity index (χ2n) is 7.69. The summed E-state index contributed by atoms with van der Waals surface area (Å²) in [6.45, 7) is 7.84. The lowest BCUT2D eigenvalue weighted by Crippen LogP contribution is -2.33. The lowest BCUT2D eigenvalue weighted by atomic mass is 9.91. The Hall–Kier alpha value is -2.09. The number of benzene rings is 1. The van der Waals surface area contributed by atoms with Gasteiger partial charge < -0.3 is 0 Å². The van der Waals surface area contributed by atoms with E-state index in [0.29, 0.717) is 19.2 Å². The highest BCUT2D eigenvalue weighted by molar-refractivity contribution is 7.10. The minimum atomic E-state index is -0.537. The van der Waals surface area contributed by atoms with Crippen molar-refractivity contribution in [3.63, 3.8) is 0 Å². The zero-order valence-corrected chi connectivity index (χ0v) is 19.1. The van der Waals surface area contributed by atoms with E-state index in [1.165, 1.54) is 23.0 Å². The molecule has 2 aromatic heterocycles. The van der Waals surface area contributed by atoms with E-state index in [1.807, 2.05) is 39.0 Å². The summed E-state index contributed by atoms with van der Waals surface area (Å²) < 4.78 is 6.95. The molecule has 0 atom stereocenters. The second kappa shape index (κ2) is 8.73. The molecule has 0 aliphatic heterocycles. The summed E-state index contributed by atoms with van der Waals surface area (Å²) in [5.74, 6) is -0.0474. The third-order valence-corrected chi connectivity index (χ3v) is 6.48. The van der Waals surface area contributed by atoms with Crippen molar-refractivity contribution in [2.45, 2.75) is 40.7 Å². The Balaban J connectivity index is 2.15. The van der Waals surface area contributed by atoms with E-state index in [4.69, 9.17) is 11.6 Å². The van der Waals surface area contributed by atoms with Gasteiger partial charge in [-0.25, -0.2) is 0 Å². The lowest BCUT2D eigenvalue weighted by Gasteiger charge is -2.12. The van der Waals surface area contributed by atoms with Gasteiger partial charge in [0, 0.05) is 23.0 Å². The number of aromatic nitrogens is 3. The molecular formula is C21H22ClN3O2S2. The molecule has 0 aliphatic rings. The van der Waals surface area contributed by atoms with Crippen LogP contribution in [0.25, 0.3) is 12.2 Å². The molecule has 0 radical (unpaired) electrons. The van der Waals surface area contributed by atoms with Crippen LogP contribution in [0.1, 0.15) is 44.5 Å². The molecule has 0 bridgehead atoms. The third kappa shape index (κ3) is 5.10. The van der Waals surface area contributed by atoms with Crippen LogP contribution in [0.2, 0.25) is 4.34 Å². The van der Waals surface area contributed by atoms with E-state index >= 15 is 0 Å². The van der Waals surface area contributed by atoms with Gasteiger partial charge in [0.1, 0.15) is 14.7 Å². The van der Waals surface area contributed by atoms with Gasteiger partial charge in [0.2, 0.25) is 0 Å². The first-order valence-electron chi connectivity index (χ1n) is 9.22. The fourth-order valence-corrected chi connectivity index (χ4v) is 4.22. The Morgan fingerprint density at radius 2 is 1.93 bits per heavy atom. The van der Waals surface area contributed by atoms with Gasteiger partial charge in [-0.05, 0) is 23.6 Å². The van der Waals surface area contributed by atoms with Crippen LogP contribution in [-0.4, -0.2) is 19.9 Å². The van der Waals surface area contributed by atoms with Crippen LogP contribution in [0.3, 0.4) is 0 Å². The number of Topliss-reactive ketones (excluding diaryl/α,β-unsaturated/α-hetero) is 1. The lowest BCUT2D eigenvalue weighted by molar-refractivity contribution is -0.120. The Kier molecular flexibility index (Phi) is 6.51. The van der Waals surface area contributed by atoms with Crippen LogP contribution in [0.4, 0.5) is 0 Å². The van der Waals surface area contributed by atoms with Crippen molar-refractivity contribution < 1.29 is 4.79 Å². The molecule has 0 saturated carbocycles. The fourth-order valence-electron chi connectivity index (χ4n) is 2.56. The summed E-state index contributed by atoms with van der Waals surface area (Å²) in [4.78, 5) is 25.7. The Bertz CT molecular complexity index is 1200. The number of hydrogen-bond acceptors (Lipinski definition) is 6. The molecule has 1 aromatic carbocycles. The zero-order chi connectivity index (χ0) is 21.2. The standard InChI is InChI=1S/C21H22ClN3O2S2/c1-5-13-6-8-14(9-7-13)10-16-20(27)25(12-15-19(22)29-24-23-15)18(28-16)11-17(26)21(2,3)4/h6-11H,5,12H2,1-4H3/b16-10-,18-11-. The van der Waals surface area contributed by atoms with Crippen LogP contribution in [-0.2, 0) is 17.8 Å².